The number of ether oxygens (including phenoxy) is 1. The maximum absolute atomic E-state index is 11.6. The molecule has 0 bridgehead atoms. The smallest absolute Gasteiger partial charge is 0.463 e. The molecule has 7 nitrogen and oxygen atoms in total. The van der Waals surface area contributed by atoms with E-state index in [4.69, 9.17) is 14.5 Å². The zero-order valence-corrected chi connectivity index (χ0v) is 20.2. The number of thiol groups is 1. The van der Waals surface area contributed by atoms with Gasteiger partial charge in [0.15, 0.2) is 0 Å². The lowest BCUT2D eigenvalue weighted by Crippen LogP contribution is -2.23. The molecule has 0 aliphatic rings. The van der Waals surface area contributed by atoms with Crippen molar-refractivity contribution in [3.05, 3.63) is 0 Å². The van der Waals surface area contributed by atoms with E-state index in [1.54, 1.807) is 0 Å². The predicted octanol–water partition coefficient (Wildman–Crippen LogP) is 5.17. The first-order chi connectivity index (χ1) is 14.3. The molecule has 0 heterocycles. The highest BCUT2D eigenvalue weighted by atomic mass is 32.1. The molecule has 0 aromatic rings. The monoisotopic (exact) mass is 470 g/mol. The maximum atomic E-state index is 11.6. The third kappa shape index (κ3) is 24.2. The number of aliphatic hydroxyl groups excluding tert-OH is 1. The summed E-state index contributed by atoms with van der Waals surface area (Å²) in [6.07, 6.45) is 17.7. The van der Waals surface area contributed by atoms with E-state index in [2.05, 4.69) is 17.2 Å². The number of phosphoric acid groups is 1. The van der Waals surface area contributed by atoms with Crippen molar-refractivity contribution in [3.63, 3.8) is 0 Å². The average Bonchev–Trinajstić information content (AvgIpc) is 2.69. The number of aliphatic hydroxyl groups is 1. The molecular formula is C21H43O7PS. The fourth-order valence-electron chi connectivity index (χ4n) is 3.17. The highest BCUT2D eigenvalue weighted by molar-refractivity contribution is 7.80. The van der Waals surface area contributed by atoms with Gasteiger partial charge in [0.05, 0.1) is 6.61 Å². The van der Waals surface area contributed by atoms with Gasteiger partial charge >= 0.3 is 13.8 Å². The predicted molar refractivity (Wildman–Crippen MR) is 123 cm³/mol. The third-order valence-electron chi connectivity index (χ3n) is 4.91. The third-order valence-corrected chi connectivity index (χ3v) is 5.71. The number of unbranched alkanes of at least 4 members (excludes halogenated alkanes) is 14. The highest BCUT2D eigenvalue weighted by Gasteiger charge is 2.17. The lowest BCUT2D eigenvalue weighted by atomic mass is 10.0. The standard InChI is InChI=1S/C21H43O7PS/c22-20(19-28-29(24,25)26)18-27-21(23)16-14-12-10-8-6-4-2-1-3-5-7-9-11-13-15-17-30/h20,22,30H,1-19H2,(H2,24,25,26)/t20-/m1/s1. The van der Waals surface area contributed by atoms with Crippen molar-refractivity contribution in [1.29, 1.82) is 0 Å². The van der Waals surface area contributed by atoms with Crippen molar-refractivity contribution in [2.24, 2.45) is 0 Å². The summed E-state index contributed by atoms with van der Waals surface area (Å²) in [7, 11) is -4.62. The van der Waals surface area contributed by atoms with Gasteiger partial charge in [-0.15, -0.1) is 0 Å². The Balaban J connectivity index is 3.28. The van der Waals surface area contributed by atoms with E-state index in [1.165, 1.54) is 77.0 Å². The second-order valence-electron chi connectivity index (χ2n) is 7.90. The summed E-state index contributed by atoms with van der Waals surface area (Å²) in [6.45, 7) is -0.900. The number of phosphoric ester groups is 1. The van der Waals surface area contributed by atoms with Crippen LogP contribution in [0.2, 0.25) is 0 Å². The minimum absolute atomic E-state index is 0.292. The molecule has 0 unspecified atom stereocenters. The fourth-order valence-corrected chi connectivity index (χ4v) is 3.76. The molecule has 0 rings (SSSR count). The van der Waals surface area contributed by atoms with Crippen LogP contribution >= 0.6 is 20.5 Å². The Morgan fingerprint density at radius 1 is 0.733 bits per heavy atom. The summed E-state index contributed by atoms with van der Waals surface area (Å²) in [5.41, 5.74) is 0. The van der Waals surface area contributed by atoms with E-state index >= 15 is 0 Å². The summed E-state index contributed by atoms with van der Waals surface area (Å²) in [4.78, 5) is 28.6. The Morgan fingerprint density at radius 2 is 1.13 bits per heavy atom. The van der Waals surface area contributed by atoms with E-state index in [9.17, 15) is 14.5 Å². The number of hydrogen-bond donors (Lipinski definition) is 4. The van der Waals surface area contributed by atoms with Gasteiger partial charge in [-0.25, -0.2) is 4.57 Å². The van der Waals surface area contributed by atoms with Crippen LogP contribution < -0.4 is 0 Å². The van der Waals surface area contributed by atoms with Crippen molar-refractivity contribution in [1.82, 2.24) is 0 Å². The number of carbonyl (C=O) groups is 1. The Hall–Kier alpha value is -0.110. The van der Waals surface area contributed by atoms with Gasteiger partial charge in [-0.3, -0.25) is 9.32 Å². The van der Waals surface area contributed by atoms with Gasteiger partial charge in [-0.1, -0.05) is 83.5 Å². The lowest BCUT2D eigenvalue weighted by molar-refractivity contribution is -0.147. The number of hydrogen-bond acceptors (Lipinski definition) is 6. The first kappa shape index (κ1) is 29.9. The van der Waals surface area contributed by atoms with Crippen molar-refractivity contribution in [3.8, 4) is 0 Å². The number of rotatable bonds is 22. The summed E-state index contributed by atoms with van der Waals surface area (Å²) in [5, 5.41) is 9.43. The van der Waals surface area contributed by atoms with Crippen LogP contribution in [0.5, 0.6) is 0 Å². The zero-order chi connectivity index (χ0) is 22.5. The summed E-state index contributed by atoms with van der Waals surface area (Å²) < 4.78 is 19.5. The lowest BCUT2D eigenvalue weighted by Gasteiger charge is -2.12. The van der Waals surface area contributed by atoms with Gasteiger partial charge in [-0.2, -0.15) is 12.6 Å². The molecule has 3 N–H and O–H groups in total. The van der Waals surface area contributed by atoms with Gasteiger partial charge < -0.3 is 19.6 Å². The minimum Gasteiger partial charge on any atom is -0.463 e. The summed E-state index contributed by atoms with van der Waals surface area (Å²) in [6, 6.07) is 0. The molecule has 0 saturated heterocycles. The molecule has 0 saturated carbocycles. The van der Waals surface area contributed by atoms with Crippen LogP contribution in [0.1, 0.15) is 103 Å². The summed E-state index contributed by atoms with van der Waals surface area (Å²) in [5.74, 6) is 0.603. The van der Waals surface area contributed by atoms with Crippen molar-refractivity contribution < 1.29 is 33.5 Å². The maximum Gasteiger partial charge on any atom is 0.469 e. The van der Waals surface area contributed by atoms with Crippen LogP contribution in [-0.4, -0.2) is 45.9 Å². The van der Waals surface area contributed by atoms with Crippen LogP contribution in [0, 0.1) is 0 Å². The van der Waals surface area contributed by atoms with Crippen LogP contribution in [0.15, 0.2) is 0 Å². The molecule has 0 spiro atoms. The van der Waals surface area contributed by atoms with Gasteiger partial charge in [0.1, 0.15) is 12.7 Å². The highest BCUT2D eigenvalue weighted by Crippen LogP contribution is 2.35. The zero-order valence-electron chi connectivity index (χ0n) is 18.4. The van der Waals surface area contributed by atoms with E-state index < -0.39 is 26.5 Å². The number of carbonyl (C=O) groups excluding carboxylic acids is 1. The second-order valence-corrected chi connectivity index (χ2v) is 9.59. The number of esters is 1. The molecule has 0 aliphatic carbocycles. The SMILES string of the molecule is O=C(CCCCCCCCCCCCCCCCCS)OC[C@@H](O)COP(=O)(O)O. The van der Waals surface area contributed by atoms with Gasteiger partial charge in [-0.05, 0) is 18.6 Å². The van der Waals surface area contributed by atoms with E-state index in [1.807, 2.05) is 0 Å². The Morgan fingerprint density at radius 3 is 1.53 bits per heavy atom. The molecule has 0 amide bonds. The Labute approximate surface area is 188 Å². The molecule has 0 radical (unpaired) electrons. The second kappa shape index (κ2) is 20.8. The summed E-state index contributed by atoms with van der Waals surface area (Å²) >= 11 is 4.23. The topological polar surface area (TPSA) is 113 Å². The Kier molecular flexibility index (Phi) is 20.7. The normalized spacial score (nSPS) is 12.8. The fraction of sp³-hybridized carbons (Fsp3) is 0.952. The van der Waals surface area contributed by atoms with E-state index in [-0.39, 0.29) is 6.61 Å². The van der Waals surface area contributed by atoms with Crippen LogP contribution in [0.3, 0.4) is 0 Å². The van der Waals surface area contributed by atoms with Crippen molar-refractivity contribution in [2.75, 3.05) is 19.0 Å². The van der Waals surface area contributed by atoms with E-state index in [0.717, 1.165) is 25.0 Å². The molecule has 0 aromatic carbocycles. The Bertz CT molecular complexity index is 445. The minimum atomic E-state index is -4.62. The van der Waals surface area contributed by atoms with Gasteiger partial charge in [0.2, 0.25) is 0 Å². The van der Waals surface area contributed by atoms with Crippen LogP contribution in [0.25, 0.3) is 0 Å². The average molecular weight is 471 g/mol. The molecule has 0 fully saturated rings. The molecule has 9 heteroatoms. The largest absolute Gasteiger partial charge is 0.469 e. The van der Waals surface area contributed by atoms with Crippen LogP contribution in [0.4, 0.5) is 0 Å². The first-order valence-electron chi connectivity index (χ1n) is 11.5. The van der Waals surface area contributed by atoms with Crippen molar-refractivity contribution in [2.45, 2.75) is 109 Å². The van der Waals surface area contributed by atoms with Crippen molar-refractivity contribution >= 4 is 26.4 Å². The molecule has 30 heavy (non-hydrogen) atoms. The first-order valence-corrected chi connectivity index (χ1v) is 13.7. The molecule has 0 aromatic heterocycles. The quantitative estimate of drug-likeness (QED) is 0.0747. The van der Waals surface area contributed by atoms with Gasteiger partial charge in [0.25, 0.3) is 0 Å². The molecule has 1 atom stereocenters. The molecular weight excluding hydrogens is 427 g/mol. The van der Waals surface area contributed by atoms with E-state index in [0.29, 0.717) is 6.42 Å². The van der Waals surface area contributed by atoms with Gasteiger partial charge in [0, 0.05) is 6.42 Å². The van der Waals surface area contributed by atoms with Crippen LogP contribution in [-0.2, 0) is 18.6 Å². The molecule has 180 valence electrons. The molecule has 0 aliphatic heterocycles.